The molecule has 1 fully saturated rings. The van der Waals surface area contributed by atoms with Gasteiger partial charge in [-0.05, 0) is 31.4 Å². The van der Waals surface area contributed by atoms with Crippen LogP contribution in [0.5, 0.6) is 0 Å². The van der Waals surface area contributed by atoms with Gasteiger partial charge in [-0.25, -0.2) is 4.39 Å². The van der Waals surface area contributed by atoms with Crippen LogP contribution >= 0.6 is 0 Å². The summed E-state index contributed by atoms with van der Waals surface area (Å²) >= 11 is 0. The molecule has 2 aromatic rings. The lowest BCUT2D eigenvalue weighted by Gasteiger charge is -2.25. The zero-order valence-electron chi connectivity index (χ0n) is 14.2. The van der Waals surface area contributed by atoms with Gasteiger partial charge in [-0.2, -0.15) is 5.10 Å². The molecule has 0 aliphatic heterocycles. The number of halogens is 1. The van der Waals surface area contributed by atoms with Crippen LogP contribution in [0.4, 0.5) is 4.39 Å². The maximum Gasteiger partial charge on any atom is 0.183 e. The molecule has 1 heterocycles. The highest BCUT2D eigenvalue weighted by atomic mass is 19.1. The van der Waals surface area contributed by atoms with Crippen LogP contribution in [0.25, 0.3) is 0 Å². The summed E-state index contributed by atoms with van der Waals surface area (Å²) in [4.78, 5) is 0. The number of hydrogen-bond donors (Lipinski definition) is 1. The van der Waals surface area contributed by atoms with Gasteiger partial charge in [0.1, 0.15) is 5.82 Å². The molecule has 1 aliphatic carbocycles. The number of ether oxygens (including phenoxy) is 2. The maximum atomic E-state index is 14.0. The fourth-order valence-corrected chi connectivity index (χ4v) is 2.91. The van der Waals surface area contributed by atoms with Crippen LogP contribution in [0.15, 0.2) is 30.6 Å². The largest absolute Gasteiger partial charge is 0.352 e. The van der Waals surface area contributed by atoms with Crippen LogP contribution in [0.2, 0.25) is 0 Å². The number of aromatic nitrogens is 2. The van der Waals surface area contributed by atoms with E-state index in [0.29, 0.717) is 24.7 Å². The number of nitrogens with zero attached hydrogens (tertiary/aromatic N) is 2. The molecule has 6 heteroatoms. The van der Waals surface area contributed by atoms with Crippen molar-refractivity contribution in [2.24, 2.45) is 0 Å². The quantitative estimate of drug-likeness (QED) is 0.753. The summed E-state index contributed by atoms with van der Waals surface area (Å²) in [6.45, 7) is 1.10. The van der Waals surface area contributed by atoms with Gasteiger partial charge in [0.2, 0.25) is 0 Å². The number of methoxy groups -OCH3 is 2. The van der Waals surface area contributed by atoms with Crippen molar-refractivity contribution in [1.82, 2.24) is 15.1 Å². The molecular weight excluding hydrogens is 309 g/mol. The lowest BCUT2D eigenvalue weighted by atomic mass is 9.93. The molecule has 5 nitrogen and oxygen atoms in total. The Labute approximate surface area is 141 Å². The van der Waals surface area contributed by atoms with E-state index in [1.54, 1.807) is 26.4 Å². The van der Waals surface area contributed by atoms with E-state index in [0.717, 1.165) is 11.1 Å². The summed E-state index contributed by atoms with van der Waals surface area (Å²) in [6.07, 6.45) is 7.20. The minimum atomic E-state index is -0.481. The zero-order chi connectivity index (χ0) is 16.9. The molecule has 1 saturated carbocycles. The molecule has 0 atom stereocenters. The Balaban J connectivity index is 1.57. The van der Waals surface area contributed by atoms with Crippen LogP contribution in [0.3, 0.4) is 0 Å². The van der Waals surface area contributed by atoms with E-state index in [2.05, 4.69) is 16.6 Å². The van der Waals surface area contributed by atoms with E-state index in [-0.39, 0.29) is 5.82 Å². The van der Waals surface area contributed by atoms with Crippen LogP contribution in [-0.2, 0) is 22.6 Å². The van der Waals surface area contributed by atoms with Gasteiger partial charge < -0.3 is 14.8 Å². The van der Waals surface area contributed by atoms with Crippen molar-refractivity contribution in [3.8, 4) is 0 Å². The molecule has 1 aliphatic rings. The monoisotopic (exact) mass is 333 g/mol. The van der Waals surface area contributed by atoms with E-state index < -0.39 is 6.29 Å². The van der Waals surface area contributed by atoms with E-state index in [9.17, 15) is 4.39 Å². The van der Waals surface area contributed by atoms with Crippen molar-refractivity contribution in [2.45, 2.75) is 44.7 Å². The lowest BCUT2D eigenvalue weighted by Crippen LogP contribution is -2.17. The second-order valence-corrected chi connectivity index (χ2v) is 6.17. The number of hydrogen-bond acceptors (Lipinski definition) is 4. The average molecular weight is 333 g/mol. The molecule has 0 amide bonds. The van der Waals surface area contributed by atoms with Gasteiger partial charge >= 0.3 is 0 Å². The summed E-state index contributed by atoms with van der Waals surface area (Å²) in [5.41, 5.74) is 2.51. The van der Waals surface area contributed by atoms with Gasteiger partial charge in [0.05, 0.1) is 12.2 Å². The van der Waals surface area contributed by atoms with E-state index in [1.807, 2.05) is 10.9 Å². The second-order valence-electron chi connectivity index (χ2n) is 6.17. The van der Waals surface area contributed by atoms with Crippen molar-refractivity contribution in [1.29, 1.82) is 0 Å². The Hall–Kier alpha value is -1.76. The third-order valence-electron chi connectivity index (χ3n) is 4.52. The topological polar surface area (TPSA) is 48.3 Å². The molecule has 0 spiro atoms. The van der Waals surface area contributed by atoms with Crippen molar-refractivity contribution in [3.63, 3.8) is 0 Å². The Morgan fingerprint density at radius 2 is 2.08 bits per heavy atom. The van der Waals surface area contributed by atoms with E-state index >= 15 is 0 Å². The molecule has 0 unspecified atom stereocenters. The average Bonchev–Trinajstić information content (AvgIpc) is 2.98. The number of nitrogens with one attached hydrogen (secondary N) is 1. The first kappa shape index (κ1) is 17.1. The first-order chi connectivity index (χ1) is 11.7. The molecule has 0 saturated heterocycles. The summed E-state index contributed by atoms with van der Waals surface area (Å²) in [5, 5.41) is 7.68. The van der Waals surface area contributed by atoms with Crippen molar-refractivity contribution in [3.05, 3.63) is 53.1 Å². The normalized spacial score (nSPS) is 15.0. The highest BCUT2D eigenvalue weighted by Gasteiger charge is 2.19. The predicted molar refractivity (Wildman–Crippen MR) is 88.8 cm³/mol. The van der Waals surface area contributed by atoms with Gasteiger partial charge in [0.15, 0.2) is 6.29 Å². The number of rotatable bonds is 8. The Morgan fingerprint density at radius 3 is 2.75 bits per heavy atom. The summed E-state index contributed by atoms with van der Waals surface area (Å²) in [5.74, 6) is -0.234. The highest BCUT2D eigenvalue weighted by Crippen LogP contribution is 2.30. The Kier molecular flexibility index (Phi) is 5.60. The summed E-state index contributed by atoms with van der Waals surface area (Å²) < 4.78 is 26.5. The highest BCUT2D eigenvalue weighted by molar-refractivity contribution is 5.26. The Morgan fingerprint density at radius 1 is 1.29 bits per heavy atom. The van der Waals surface area contributed by atoms with Gasteiger partial charge in [-0.15, -0.1) is 0 Å². The summed E-state index contributed by atoms with van der Waals surface area (Å²) in [7, 11) is 3.13. The molecule has 24 heavy (non-hydrogen) atoms. The van der Waals surface area contributed by atoms with Crippen LogP contribution < -0.4 is 5.32 Å². The molecule has 130 valence electrons. The number of benzene rings is 1. The van der Waals surface area contributed by atoms with Crippen molar-refractivity contribution >= 4 is 0 Å². The van der Waals surface area contributed by atoms with Gasteiger partial charge in [-0.3, -0.25) is 4.68 Å². The molecule has 1 aromatic carbocycles. The third-order valence-corrected chi connectivity index (χ3v) is 4.52. The molecular formula is C18H24FN3O2. The smallest absolute Gasteiger partial charge is 0.183 e. The third kappa shape index (κ3) is 3.83. The van der Waals surface area contributed by atoms with Gasteiger partial charge in [0, 0.05) is 50.2 Å². The van der Waals surface area contributed by atoms with Crippen molar-refractivity contribution < 1.29 is 13.9 Å². The lowest BCUT2D eigenvalue weighted by molar-refractivity contribution is -0.106. The summed E-state index contributed by atoms with van der Waals surface area (Å²) in [6, 6.07) is 5.47. The van der Waals surface area contributed by atoms with Crippen LogP contribution in [0, 0.1) is 5.82 Å². The van der Waals surface area contributed by atoms with Crippen molar-refractivity contribution in [2.75, 3.05) is 14.2 Å². The minimum absolute atomic E-state index is 0.234. The standard InChI is InChI=1S/C18H24FN3O2/c1-23-18(24-2)14-6-7-17(19)15(8-14)11-20-9-13-10-21-22(12-13)16-4-3-5-16/h6-8,10,12,16,18,20H,3-5,9,11H2,1-2H3. The first-order valence-corrected chi connectivity index (χ1v) is 8.29. The molecule has 1 aromatic heterocycles. The predicted octanol–water partition coefficient (Wildman–Crippen LogP) is 3.33. The molecule has 1 N–H and O–H groups in total. The second kappa shape index (κ2) is 7.88. The molecule has 3 rings (SSSR count). The van der Waals surface area contributed by atoms with Crippen LogP contribution in [0.1, 0.15) is 48.3 Å². The Bertz CT molecular complexity index is 666. The van der Waals surface area contributed by atoms with Crippen LogP contribution in [-0.4, -0.2) is 24.0 Å². The molecule has 0 radical (unpaired) electrons. The fraction of sp³-hybridized carbons (Fsp3) is 0.500. The minimum Gasteiger partial charge on any atom is -0.352 e. The maximum absolute atomic E-state index is 14.0. The zero-order valence-corrected chi connectivity index (χ0v) is 14.2. The van der Waals surface area contributed by atoms with Gasteiger partial charge in [-0.1, -0.05) is 6.07 Å². The van der Waals surface area contributed by atoms with Gasteiger partial charge in [0.25, 0.3) is 0 Å². The molecule has 0 bridgehead atoms. The first-order valence-electron chi connectivity index (χ1n) is 8.29. The van der Waals surface area contributed by atoms with E-state index in [1.165, 1.54) is 25.3 Å². The van der Waals surface area contributed by atoms with E-state index in [4.69, 9.17) is 9.47 Å². The fourth-order valence-electron chi connectivity index (χ4n) is 2.91. The SMILES string of the molecule is COC(OC)c1ccc(F)c(CNCc2cnn(C3CCC3)c2)c1.